The van der Waals surface area contributed by atoms with Crippen molar-refractivity contribution in [2.24, 2.45) is 0 Å². The lowest BCUT2D eigenvalue weighted by Gasteiger charge is -2.07. The van der Waals surface area contributed by atoms with Crippen LogP contribution in [0.5, 0.6) is 0 Å². The molecule has 108 valence electrons. The highest BCUT2D eigenvalue weighted by molar-refractivity contribution is 5.94. The van der Waals surface area contributed by atoms with E-state index in [1.54, 1.807) is 6.33 Å². The van der Waals surface area contributed by atoms with Gasteiger partial charge in [-0.05, 0) is 44.9 Å². The first-order valence-electron chi connectivity index (χ1n) is 7.29. The van der Waals surface area contributed by atoms with Gasteiger partial charge in [-0.3, -0.25) is 4.79 Å². The topological polar surface area (TPSA) is 54.9 Å². The summed E-state index contributed by atoms with van der Waals surface area (Å²) in [6.45, 7) is 4.43. The molecule has 0 aliphatic heterocycles. The molecule has 1 fully saturated rings. The van der Waals surface area contributed by atoms with Crippen LogP contribution in [0.25, 0.3) is 0 Å². The quantitative estimate of drug-likeness (QED) is 0.937. The van der Waals surface area contributed by atoms with E-state index in [1.807, 2.05) is 32.0 Å². The number of rotatable bonds is 4. The number of nitrogens with one attached hydrogen (secondary N) is 1. The van der Waals surface area contributed by atoms with Crippen LogP contribution in [-0.2, 0) is 6.54 Å². The number of carbonyl (C=O) groups excluding carboxylic acids is 1. The molecule has 1 saturated carbocycles. The molecule has 1 aliphatic carbocycles. The van der Waals surface area contributed by atoms with E-state index in [0.717, 1.165) is 22.5 Å². The van der Waals surface area contributed by atoms with Crippen LogP contribution in [0.15, 0.2) is 30.6 Å². The Morgan fingerprint density at radius 3 is 2.52 bits per heavy atom. The van der Waals surface area contributed by atoms with E-state index in [0.29, 0.717) is 18.0 Å². The van der Waals surface area contributed by atoms with Gasteiger partial charge < -0.3 is 5.32 Å². The van der Waals surface area contributed by atoms with Crippen LogP contribution >= 0.6 is 0 Å². The SMILES string of the molecule is Cc1cc(C)cc(C(=O)NCc2cc(C3CC3)ncn2)c1. The molecular weight excluding hydrogens is 262 g/mol. The minimum atomic E-state index is -0.0617. The van der Waals surface area contributed by atoms with Crippen LogP contribution in [0.1, 0.15) is 51.6 Å². The van der Waals surface area contributed by atoms with Gasteiger partial charge in [0.05, 0.1) is 12.2 Å². The van der Waals surface area contributed by atoms with Crippen molar-refractivity contribution in [1.29, 1.82) is 0 Å². The van der Waals surface area contributed by atoms with Gasteiger partial charge in [0, 0.05) is 17.2 Å². The van der Waals surface area contributed by atoms with E-state index in [-0.39, 0.29) is 5.91 Å². The number of amides is 1. The molecule has 0 unspecified atom stereocenters. The summed E-state index contributed by atoms with van der Waals surface area (Å²) in [5, 5.41) is 2.93. The molecule has 4 nitrogen and oxygen atoms in total. The highest BCUT2D eigenvalue weighted by Crippen LogP contribution is 2.38. The summed E-state index contributed by atoms with van der Waals surface area (Å²) in [7, 11) is 0. The Bertz CT molecular complexity index is 657. The maximum absolute atomic E-state index is 12.2. The number of hydrogen-bond acceptors (Lipinski definition) is 3. The van der Waals surface area contributed by atoms with E-state index in [2.05, 4.69) is 21.4 Å². The third kappa shape index (κ3) is 3.45. The number of benzene rings is 1. The molecule has 1 aliphatic rings. The van der Waals surface area contributed by atoms with Gasteiger partial charge in [0.2, 0.25) is 0 Å². The Morgan fingerprint density at radius 1 is 1.14 bits per heavy atom. The van der Waals surface area contributed by atoms with E-state index < -0.39 is 0 Å². The molecule has 0 spiro atoms. The van der Waals surface area contributed by atoms with Crippen LogP contribution in [0.2, 0.25) is 0 Å². The summed E-state index contributed by atoms with van der Waals surface area (Å²) < 4.78 is 0. The normalized spacial score (nSPS) is 14.0. The molecule has 0 atom stereocenters. The van der Waals surface area contributed by atoms with Crippen molar-refractivity contribution in [2.75, 3.05) is 0 Å². The average molecular weight is 281 g/mol. The largest absolute Gasteiger partial charge is 0.346 e. The molecule has 1 N–H and O–H groups in total. The monoisotopic (exact) mass is 281 g/mol. The molecular formula is C17H19N3O. The molecule has 0 radical (unpaired) electrons. The van der Waals surface area contributed by atoms with Gasteiger partial charge in [-0.2, -0.15) is 0 Å². The standard InChI is InChI=1S/C17H19N3O/c1-11-5-12(2)7-14(6-11)17(21)18-9-15-8-16(13-3-4-13)20-10-19-15/h5-8,10,13H,3-4,9H2,1-2H3,(H,18,21). The van der Waals surface area contributed by atoms with Crippen molar-refractivity contribution >= 4 is 5.91 Å². The highest BCUT2D eigenvalue weighted by Gasteiger charge is 2.25. The first-order chi connectivity index (χ1) is 10.1. The molecule has 4 heteroatoms. The Hall–Kier alpha value is -2.23. The molecule has 1 heterocycles. The Morgan fingerprint density at radius 2 is 1.86 bits per heavy atom. The van der Waals surface area contributed by atoms with Gasteiger partial charge in [0.15, 0.2) is 0 Å². The zero-order valence-electron chi connectivity index (χ0n) is 12.4. The molecule has 3 rings (SSSR count). The van der Waals surface area contributed by atoms with Gasteiger partial charge in [-0.1, -0.05) is 17.2 Å². The number of aryl methyl sites for hydroxylation is 2. The fourth-order valence-corrected chi connectivity index (χ4v) is 2.49. The van der Waals surface area contributed by atoms with Gasteiger partial charge in [0.1, 0.15) is 6.33 Å². The lowest BCUT2D eigenvalue weighted by Crippen LogP contribution is -2.23. The van der Waals surface area contributed by atoms with E-state index >= 15 is 0 Å². The first-order valence-corrected chi connectivity index (χ1v) is 7.29. The smallest absolute Gasteiger partial charge is 0.251 e. The number of nitrogens with zero attached hydrogens (tertiary/aromatic N) is 2. The predicted molar refractivity (Wildman–Crippen MR) is 81.1 cm³/mol. The zero-order valence-corrected chi connectivity index (χ0v) is 12.4. The Labute approximate surface area is 124 Å². The highest BCUT2D eigenvalue weighted by atomic mass is 16.1. The van der Waals surface area contributed by atoms with E-state index in [1.165, 1.54) is 12.8 Å². The number of carbonyl (C=O) groups is 1. The lowest BCUT2D eigenvalue weighted by molar-refractivity contribution is 0.0950. The minimum absolute atomic E-state index is 0.0617. The maximum Gasteiger partial charge on any atom is 0.251 e. The summed E-state index contributed by atoms with van der Waals surface area (Å²) in [5.41, 5.74) is 4.85. The molecule has 0 bridgehead atoms. The third-order valence-electron chi connectivity index (χ3n) is 3.65. The lowest BCUT2D eigenvalue weighted by atomic mass is 10.1. The second-order valence-electron chi connectivity index (χ2n) is 5.77. The molecule has 2 aromatic rings. The van der Waals surface area contributed by atoms with Gasteiger partial charge in [0.25, 0.3) is 5.91 Å². The van der Waals surface area contributed by atoms with Crippen molar-refractivity contribution in [1.82, 2.24) is 15.3 Å². The van der Waals surface area contributed by atoms with Gasteiger partial charge >= 0.3 is 0 Å². The van der Waals surface area contributed by atoms with E-state index in [4.69, 9.17) is 0 Å². The van der Waals surface area contributed by atoms with Crippen molar-refractivity contribution in [3.63, 3.8) is 0 Å². The summed E-state index contributed by atoms with van der Waals surface area (Å²) in [4.78, 5) is 20.7. The maximum atomic E-state index is 12.2. The van der Waals surface area contributed by atoms with Crippen molar-refractivity contribution < 1.29 is 4.79 Å². The molecule has 21 heavy (non-hydrogen) atoms. The van der Waals surface area contributed by atoms with E-state index in [9.17, 15) is 4.79 Å². The van der Waals surface area contributed by atoms with Crippen molar-refractivity contribution in [3.8, 4) is 0 Å². The molecule has 1 aromatic carbocycles. The average Bonchev–Trinajstić information content (AvgIpc) is 3.28. The van der Waals surface area contributed by atoms with Crippen LogP contribution in [-0.4, -0.2) is 15.9 Å². The Kier molecular flexibility index (Phi) is 3.69. The third-order valence-corrected chi connectivity index (χ3v) is 3.65. The molecule has 1 aromatic heterocycles. The fourth-order valence-electron chi connectivity index (χ4n) is 2.49. The molecule has 1 amide bonds. The second-order valence-corrected chi connectivity index (χ2v) is 5.77. The predicted octanol–water partition coefficient (Wildman–Crippen LogP) is 2.90. The second kappa shape index (κ2) is 5.64. The first kappa shape index (κ1) is 13.7. The van der Waals surface area contributed by atoms with Crippen LogP contribution < -0.4 is 5.32 Å². The number of aromatic nitrogens is 2. The zero-order chi connectivity index (χ0) is 14.8. The minimum Gasteiger partial charge on any atom is -0.346 e. The summed E-state index contributed by atoms with van der Waals surface area (Å²) >= 11 is 0. The van der Waals surface area contributed by atoms with Crippen LogP contribution in [0, 0.1) is 13.8 Å². The summed E-state index contributed by atoms with van der Waals surface area (Å²) in [6, 6.07) is 7.86. The van der Waals surface area contributed by atoms with Gasteiger partial charge in [-0.15, -0.1) is 0 Å². The fraction of sp³-hybridized carbons (Fsp3) is 0.353. The van der Waals surface area contributed by atoms with Crippen molar-refractivity contribution in [3.05, 3.63) is 58.7 Å². The Balaban J connectivity index is 1.66. The van der Waals surface area contributed by atoms with Gasteiger partial charge in [-0.25, -0.2) is 9.97 Å². The molecule has 0 saturated heterocycles. The van der Waals surface area contributed by atoms with Crippen molar-refractivity contribution in [2.45, 2.75) is 39.2 Å². The summed E-state index contributed by atoms with van der Waals surface area (Å²) in [5.74, 6) is 0.537. The van der Waals surface area contributed by atoms with Crippen LogP contribution in [0.4, 0.5) is 0 Å². The number of hydrogen-bond donors (Lipinski definition) is 1. The van der Waals surface area contributed by atoms with Crippen LogP contribution in [0.3, 0.4) is 0 Å². The summed E-state index contributed by atoms with van der Waals surface area (Å²) in [6.07, 6.45) is 4.02.